The lowest BCUT2D eigenvalue weighted by atomic mass is 9.95. The Labute approximate surface area is 193 Å². The van der Waals surface area contributed by atoms with E-state index in [0.717, 1.165) is 6.42 Å². The first kappa shape index (κ1) is 23.7. The van der Waals surface area contributed by atoms with Gasteiger partial charge in [0.05, 0.1) is 29.9 Å². The molecule has 170 valence electrons. The van der Waals surface area contributed by atoms with Crippen molar-refractivity contribution in [1.29, 1.82) is 0 Å². The van der Waals surface area contributed by atoms with Crippen LogP contribution < -0.4 is 9.47 Å². The van der Waals surface area contributed by atoms with Crippen molar-refractivity contribution in [2.24, 2.45) is 0 Å². The molecular formula is C25H28ClNO5. The number of likely N-dealkylation sites (tertiary alicyclic amines) is 1. The van der Waals surface area contributed by atoms with Crippen molar-refractivity contribution in [3.8, 4) is 11.5 Å². The summed E-state index contributed by atoms with van der Waals surface area (Å²) in [5, 5.41) is 11.6. The van der Waals surface area contributed by atoms with Crippen LogP contribution >= 0.6 is 11.6 Å². The summed E-state index contributed by atoms with van der Waals surface area (Å²) < 4.78 is 11.3. The highest BCUT2D eigenvalue weighted by molar-refractivity contribution is 6.46. The van der Waals surface area contributed by atoms with Gasteiger partial charge in [-0.1, -0.05) is 37.6 Å². The maximum Gasteiger partial charge on any atom is 0.295 e. The Morgan fingerprint density at radius 1 is 1.06 bits per heavy atom. The second-order valence-corrected chi connectivity index (χ2v) is 7.90. The lowest BCUT2D eigenvalue weighted by molar-refractivity contribution is -0.139. The monoisotopic (exact) mass is 457 g/mol. The molecule has 2 aromatic carbocycles. The van der Waals surface area contributed by atoms with Crippen molar-refractivity contribution in [2.45, 2.75) is 39.7 Å². The number of Topliss-reactive ketones (excluding diaryl/α,β-unsaturated/α-hetero) is 1. The molecule has 0 aromatic heterocycles. The molecule has 1 amide bonds. The number of hydrogen-bond donors (Lipinski definition) is 1. The van der Waals surface area contributed by atoms with Crippen molar-refractivity contribution >= 4 is 29.1 Å². The number of aliphatic hydroxyl groups is 1. The van der Waals surface area contributed by atoms with Gasteiger partial charge >= 0.3 is 0 Å². The molecule has 1 atom stereocenters. The first-order valence-corrected chi connectivity index (χ1v) is 11.2. The normalized spacial score (nSPS) is 17.6. The third-order valence-electron chi connectivity index (χ3n) is 5.16. The summed E-state index contributed by atoms with van der Waals surface area (Å²) in [6.07, 6.45) is 1.53. The van der Waals surface area contributed by atoms with Gasteiger partial charge in [0.2, 0.25) is 0 Å². The van der Waals surface area contributed by atoms with Crippen LogP contribution in [0.3, 0.4) is 0 Å². The van der Waals surface area contributed by atoms with Gasteiger partial charge in [-0.15, -0.1) is 0 Å². The number of benzene rings is 2. The van der Waals surface area contributed by atoms with E-state index in [9.17, 15) is 14.7 Å². The van der Waals surface area contributed by atoms with E-state index in [1.54, 1.807) is 18.2 Å². The smallest absolute Gasteiger partial charge is 0.295 e. The Morgan fingerprint density at radius 3 is 2.53 bits per heavy atom. The van der Waals surface area contributed by atoms with Crippen LogP contribution in [0, 0.1) is 0 Å². The van der Waals surface area contributed by atoms with E-state index in [0.29, 0.717) is 53.8 Å². The van der Waals surface area contributed by atoms with Crippen LogP contribution in [0.4, 0.5) is 0 Å². The molecule has 1 unspecified atom stereocenters. The number of halogens is 1. The Balaban J connectivity index is 2.14. The van der Waals surface area contributed by atoms with Crippen LogP contribution in [-0.2, 0) is 9.59 Å². The van der Waals surface area contributed by atoms with Crippen LogP contribution in [0.15, 0.2) is 48.0 Å². The van der Waals surface area contributed by atoms with E-state index >= 15 is 0 Å². The van der Waals surface area contributed by atoms with Crippen molar-refractivity contribution < 1.29 is 24.2 Å². The molecule has 6 nitrogen and oxygen atoms in total. The van der Waals surface area contributed by atoms with Gasteiger partial charge < -0.3 is 19.5 Å². The average Bonchev–Trinajstić information content (AvgIpc) is 3.04. The molecule has 1 aliphatic rings. The first-order chi connectivity index (χ1) is 15.4. The topological polar surface area (TPSA) is 76.1 Å². The summed E-state index contributed by atoms with van der Waals surface area (Å²) in [6.45, 7) is 7.12. The summed E-state index contributed by atoms with van der Waals surface area (Å²) in [4.78, 5) is 27.4. The molecule has 1 aliphatic heterocycles. The van der Waals surface area contributed by atoms with Crippen LogP contribution in [0.2, 0.25) is 5.02 Å². The summed E-state index contributed by atoms with van der Waals surface area (Å²) >= 11 is 6.17. The standard InChI is InChI=1S/C25H28ClNO5/c1-4-12-27-22(16-8-7-9-18(14-16)32-13-5-2)21(24(29)25(27)30)23(28)17-10-11-19(26)20(15-17)31-6-3/h7-11,14-15,22,28H,4-6,12-13H2,1-3H3/b23-21-. The van der Waals surface area contributed by atoms with Crippen molar-refractivity contribution in [3.63, 3.8) is 0 Å². The molecular weight excluding hydrogens is 430 g/mol. The first-order valence-electron chi connectivity index (χ1n) is 10.9. The van der Waals surface area contributed by atoms with Crippen LogP contribution in [-0.4, -0.2) is 41.5 Å². The van der Waals surface area contributed by atoms with Gasteiger partial charge in [-0.2, -0.15) is 0 Å². The zero-order valence-electron chi connectivity index (χ0n) is 18.6. The number of amides is 1. The number of aliphatic hydroxyl groups excluding tert-OH is 1. The minimum absolute atomic E-state index is 0.0425. The van der Waals surface area contributed by atoms with E-state index in [2.05, 4.69) is 0 Å². The second-order valence-electron chi connectivity index (χ2n) is 7.49. The highest BCUT2D eigenvalue weighted by Gasteiger charge is 2.45. The van der Waals surface area contributed by atoms with Crippen LogP contribution in [0.1, 0.15) is 50.8 Å². The maximum absolute atomic E-state index is 13.0. The third-order valence-corrected chi connectivity index (χ3v) is 5.47. The fourth-order valence-corrected chi connectivity index (χ4v) is 3.94. The second kappa shape index (κ2) is 10.6. The molecule has 2 aromatic rings. The van der Waals surface area contributed by atoms with Crippen molar-refractivity contribution in [3.05, 3.63) is 64.2 Å². The Morgan fingerprint density at radius 2 is 1.84 bits per heavy atom. The highest BCUT2D eigenvalue weighted by Crippen LogP contribution is 2.41. The number of ketones is 1. The summed E-state index contributed by atoms with van der Waals surface area (Å²) in [6, 6.07) is 11.4. The molecule has 0 bridgehead atoms. The highest BCUT2D eigenvalue weighted by atomic mass is 35.5. The fraction of sp³-hybridized carbons (Fsp3) is 0.360. The van der Waals surface area contributed by atoms with E-state index in [1.807, 2.05) is 45.0 Å². The molecule has 0 radical (unpaired) electrons. The summed E-state index contributed by atoms with van der Waals surface area (Å²) in [5.41, 5.74) is 1.10. The molecule has 0 aliphatic carbocycles. The average molecular weight is 458 g/mol. The largest absolute Gasteiger partial charge is 0.507 e. The molecule has 1 fully saturated rings. The molecule has 1 N–H and O–H groups in total. The third kappa shape index (κ3) is 4.75. The van der Waals surface area contributed by atoms with Gasteiger partial charge in [0, 0.05) is 12.1 Å². The Kier molecular flexibility index (Phi) is 7.80. The zero-order valence-corrected chi connectivity index (χ0v) is 19.3. The van der Waals surface area contributed by atoms with Gasteiger partial charge in [0.1, 0.15) is 17.3 Å². The number of nitrogens with zero attached hydrogens (tertiary/aromatic N) is 1. The predicted octanol–water partition coefficient (Wildman–Crippen LogP) is 5.36. The Bertz CT molecular complexity index is 1030. The van der Waals surface area contributed by atoms with E-state index in [-0.39, 0.29) is 11.3 Å². The van der Waals surface area contributed by atoms with E-state index < -0.39 is 17.7 Å². The predicted molar refractivity (Wildman–Crippen MR) is 124 cm³/mol. The van der Waals surface area contributed by atoms with Gasteiger partial charge in [0.15, 0.2) is 0 Å². The quantitative estimate of drug-likeness (QED) is 0.311. The van der Waals surface area contributed by atoms with Crippen LogP contribution in [0.5, 0.6) is 11.5 Å². The molecule has 3 rings (SSSR count). The van der Waals surface area contributed by atoms with E-state index in [4.69, 9.17) is 21.1 Å². The number of rotatable bonds is 9. The van der Waals surface area contributed by atoms with Gasteiger partial charge in [-0.05, 0) is 55.7 Å². The molecule has 7 heteroatoms. The molecule has 0 saturated carbocycles. The molecule has 1 saturated heterocycles. The zero-order chi connectivity index (χ0) is 23.3. The molecule has 32 heavy (non-hydrogen) atoms. The fourth-order valence-electron chi connectivity index (χ4n) is 3.76. The lowest BCUT2D eigenvalue weighted by Crippen LogP contribution is -2.30. The van der Waals surface area contributed by atoms with Gasteiger partial charge in [-0.25, -0.2) is 0 Å². The Hall–Kier alpha value is -2.99. The molecule has 0 spiro atoms. The van der Waals surface area contributed by atoms with Crippen molar-refractivity contribution in [2.75, 3.05) is 19.8 Å². The number of carbonyl (C=O) groups is 2. The SMILES string of the molecule is CCCOc1cccc(C2/C(=C(/O)c3ccc(Cl)c(OCC)c3)C(=O)C(=O)N2CCC)c1. The molecule has 1 heterocycles. The number of hydrogen-bond acceptors (Lipinski definition) is 5. The number of ether oxygens (including phenoxy) is 2. The minimum atomic E-state index is -0.716. The maximum atomic E-state index is 13.0. The minimum Gasteiger partial charge on any atom is -0.507 e. The number of carbonyl (C=O) groups excluding carboxylic acids is 2. The van der Waals surface area contributed by atoms with E-state index in [1.165, 1.54) is 4.90 Å². The van der Waals surface area contributed by atoms with Gasteiger partial charge in [-0.3, -0.25) is 9.59 Å². The lowest BCUT2D eigenvalue weighted by Gasteiger charge is -2.25. The van der Waals surface area contributed by atoms with Crippen LogP contribution in [0.25, 0.3) is 5.76 Å². The van der Waals surface area contributed by atoms with Gasteiger partial charge in [0.25, 0.3) is 11.7 Å². The summed E-state index contributed by atoms with van der Waals surface area (Å²) in [7, 11) is 0. The van der Waals surface area contributed by atoms with Crippen molar-refractivity contribution in [1.82, 2.24) is 4.90 Å². The summed E-state index contributed by atoms with van der Waals surface area (Å²) in [5.74, 6) is -0.556.